The van der Waals surface area contributed by atoms with Crippen molar-refractivity contribution in [1.82, 2.24) is 25.4 Å². The molecule has 6 rings (SSSR count). The summed E-state index contributed by atoms with van der Waals surface area (Å²) in [6.45, 7) is 7.22. The van der Waals surface area contributed by atoms with E-state index in [2.05, 4.69) is 32.3 Å². The van der Waals surface area contributed by atoms with Gasteiger partial charge in [-0.15, -0.1) is 0 Å². The molecule has 1 aliphatic heterocycles. The molecule has 2 aliphatic rings. The Labute approximate surface area is 311 Å². The number of aliphatic hydroxyl groups is 1. The van der Waals surface area contributed by atoms with Gasteiger partial charge in [0.1, 0.15) is 11.5 Å². The lowest BCUT2D eigenvalue weighted by molar-refractivity contribution is -0.123. The fourth-order valence-corrected chi connectivity index (χ4v) is 8.77. The van der Waals surface area contributed by atoms with Gasteiger partial charge in [-0.2, -0.15) is 0 Å². The second kappa shape index (κ2) is 17.7. The number of aromatic amines is 1. The minimum Gasteiger partial charge on any atom is -0.506 e. The summed E-state index contributed by atoms with van der Waals surface area (Å²) in [5, 5.41) is 27.2. The summed E-state index contributed by atoms with van der Waals surface area (Å²) in [5.74, 6) is -0.137. The van der Waals surface area contributed by atoms with Gasteiger partial charge in [-0.1, -0.05) is 43.5 Å². The molecule has 12 nitrogen and oxygen atoms in total. The number of fused-ring (bicyclic) bond motifs is 1. The molecule has 1 saturated heterocycles. The van der Waals surface area contributed by atoms with Crippen molar-refractivity contribution in [3.8, 4) is 11.5 Å². The first-order chi connectivity index (χ1) is 25.6. The van der Waals surface area contributed by atoms with E-state index >= 15 is 0 Å². The van der Waals surface area contributed by atoms with Gasteiger partial charge in [0.05, 0.1) is 21.4 Å². The zero-order valence-corrected chi connectivity index (χ0v) is 31.1. The van der Waals surface area contributed by atoms with Crippen LogP contribution in [0.1, 0.15) is 68.7 Å². The van der Waals surface area contributed by atoms with E-state index in [1.165, 1.54) is 56.4 Å². The van der Waals surface area contributed by atoms with Gasteiger partial charge >= 0.3 is 0 Å². The smallest absolute Gasteiger partial charge is 0.257 e. The Bertz CT molecular complexity index is 2010. The summed E-state index contributed by atoms with van der Waals surface area (Å²) in [6.07, 6.45) is 6.40. The molecule has 1 aromatic heterocycles. The van der Waals surface area contributed by atoms with Gasteiger partial charge in [-0.25, -0.2) is 8.42 Å². The normalized spacial score (nSPS) is 17.4. The number of piperazine rings is 1. The molecule has 53 heavy (non-hydrogen) atoms. The molecule has 3 aromatic carbocycles. The number of pyridine rings is 1. The lowest BCUT2D eigenvalue weighted by atomic mass is 9.93. The SMILES string of the molecule is C[C@@H](c1ccc(S(=O)(=O)c2cccc(OCC(=O)NCCCNC[C@H](O)c3ccc(O)c4[nH]c(=O)ccc34)c2)cc1)N1CCN(C2CCCCC2)CC1. The van der Waals surface area contributed by atoms with Gasteiger partial charge in [0.25, 0.3) is 5.91 Å². The minimum absolute atomic E-state index is 0.0708. The number of hydrogen-bond donors (Lipinski definition) is 5. The molecule has 4 aromatic rings. The molecular formula is C40H51N5O7S. The fraction of sp³-hybridized carbons (Fsp3) is 0.450. The molecule has 13 heteroatoms. The number of phenols is 1. The van der Waals surface area contributed by atoms with Gasteiger partial charge in [0, 0.05) is 62.8 Å². The molecule has 1 aliphatic carbocycles. The van der Waals surface area contributed by atoms with E-state index < -0.39 is 15.9 Å². The molecule has 2 fully saturated rings. The van der Waals surface area contributed by atoms with E-state index in [0.717, 1.165) is 37.8 Å². The maximum absolute atomic E-state index is 13.5. The van der Waals surface area contributed by atoms with E-state index in [1.54, 1.807) is 36.4 Å². The van der Waals surface area contributed by atoms with Crippen LogP contribution >= 0.6 is 0 Å². The van der Waals surface area contributed by atoms with Crippen LogP contribution in [0.4, 0.5) is 0 Å². The van der Waals surface area contributed by atoms with Gasteiger partial charge in [-0.05, 0) is 86.3 Å². The summed E-state index contributed by atoms with van der Waals surface area (Å²) in [5.41, 5.74) is 1.59. The number of carbonyl (C=O) groups excluding carboxylic acids is 1. The number of sulfone groups is 1. The van der Waals surface area contributed by atoms with Crippen molar-refractivity contribution in [2.75, 3.05) is 52.4 Å². The zero-order valence-electron chi connectivity index (χ0n) is 30.3. The highest BCUT2D eigenvalue weighted by Crippen LogP contribution is 2.30. The number of ether oxygens (including phenoxy) is 1. The first kappa shape index (κ1) is 38.5. The molecule has 2 atom stereocenters. The van der Waals surface area contributed by atoms with Crippen LogP contribution in [-0.4, -0.2) is 97.8 Å². The third kappa shape index (κ3) is 9.64. The van der Waals surface area contributed by atoms with E-state index in [-0.39, 0.29) is 57.5 Å². The number of aliphatic hydroxyl groups excluding tert-OH is 1. The fourth-order valence-electron chi connectivity index (χ4n) is 7.48. The Balaban J connectivity index is 0.920. The Morgan fingerprint density at radius 2 is 1.70 bits per heavy atom. The quantitative estimate of drug-likeness (QED) is 0.111. The number of nitrogens with one attached hydrogen (secondary N) is 3. The number of H-pyrrole nitrogens is 1. The average Bonchev–Trinajstić information content (AvgIpc) is 3.19. The van der Waals surface area contributed by atoms with Crippen molar-refractivity contribution in [3.05, 3.63) is 94.3 Å². The summed E-state index contributed by atoms with van der Waals surface area (Å²) in [7, 11) is -3.80. The molecule has 0 radical (unpaired) electrons. The number of benzene rings is 3. The van der Waals surface area contributed by atoms with Crippen LogP contribution in [0.3, 0.4) is 0 Å². The molecule has 1 amide bonds. The topological polar surface area (TPSA) is 164 Å². The minimum atomic E-state index is -3.80. The Morgan fingerprint density at radius 3 is 2.45 bits per heavy atom. The number of aromatic nitrogens is 1. The molecular weight excluding hydrogens is 695 g/mol. The Kier molecular flexibility index (Phi) is 12.8. The van der Waals surface area contributed by atoms with Crippen LogP contribution in [-0.2, 0) is 14.6 Å². The first-order valence-electron chi connectivity index (χ1n) is 18.7. The number of nitrogens with zero attached hydrogens (tertiary/aromatic N) is 2. The number of rotatable bonds is 15. The molecule has 0 spiro atoms. The van der Waals surface area contributed by atoms with E-state index in [1.807, 2.05) is 12.1 Å². The highest BCUT2D eigenvalue weighted by atomic mass is 32.2. The summed E-state index contributed by atoms with van der Waals surface area (Å²) < 4.78 is 32.7. The lowest BCUT2D eigenvalue weighted by Gasteiger charge is -2.42. The van der Waals surface area contributed by atoms with E-state index in [4.69, 9.17) is 4.74 Å². The van der Waals surface area contributed by atoms with Gasteiger partial charge in [0.15, 0.2) is 6.61 Å². The second-order valence-electron chi connectivity index (χ2n) is 14.1. The number of carbonyl (C=O) groups is 1. The third-order valence-electron chi connectivity index (χ3n) is 10.6. The lowest BCUT2D eigenvalue weighted by Crippen LogP contribution is -2.51. The molecule has 0 unspecified atom stereocenters. The van der Waals surface area contributed by atoms with Gasteiger partial charge in [-0.3, -0.25) is 19.4 Å². The van der Waals surface area contributed by atoms with Crippen molar-refractivity contribution in [1.29, 1.82) is 0 Å². The second-order valence-corrected chi connectivity index (χ2v) is 16.0. The number of phenolic OH excluding ortho intramolecular Hbond substituents is 1. The number of amides is 1. The predicted molar refractivity (Wildman–Crippen MR) is 204 cm³/mol. The first-order valence-corrected chi connectivity index (χ1v) is 20.1. The molecule has 284 valence electrons. The maximum Gasteiger partial charge on any atom is 0.257 e. The number of hydrogen-bond acceptors (Lipinski definition) is 10. The highest BCUT2D eigenvalue weighted by molar-refractivity contribution is 7.91. The third-order valence-corrected chi connectivity index (χ3v) is 12.4. The van der Waals surface area contributed by atoms with Crippen molar-refractivity contribution in [3.63, 3.8) is 0 Å². The summed E-state index contributed by atoms with van der Waals surface area (Å²) in [6, 6.07) is 20.2. The largest absolute Gasteiger partial charge is 0.506 e. The zero-order chi connectivity index (χ0) is 37.4. The van der Waals surface area contributed by atoms with Crippen LogP contribution in [0, 0.1) is 0 Å². The van der Waals surface area contributed by atoms with Crippen molar-refractivity contribution in [2.45, 2.75) is 73.4 Å². The van der Waals surface area contributed by atoms with Crippen LogP contribution in [0.5, 0.6) is 11.5 Å². The Morgan fingerprint density at radius 1 is 0.943 bits per heavy atom. The van der Waals surface area contributed by atoms with Crippen molar-refractivity contribution >= 4 is 26.6 Å². The van der Waals surface area contributed by atoms with E-state index in [0.29, 0.717) is 30.5 Å². The maximum atomic E-state index is 13.5. The van der Waals surface area contributed by atoms with Gasteiger partial charge in [0.2, 0.25) is 15.4 Å². The van der Waals surface area contributed by atoms with Crippen molar-refractivity contribution < 1.29 is 28.2 Å². The van der Waals surface area contributed by atoms with E-state index in [9.17, 15) is 28.2 Å². The summed E-state index contributed by atoms with van der Waals surface area (Å²) in [4.78, 5) is 32.1. The van der Waals surface area contributed by atoms with Crippen LogP contribution in [0.2, 0.25) is 0 Å². The van der Waals surface area contributed by atoms with Crippen LogP contribution < -0.4 is 20.9 Å². The van der Waals surface area contributed by atoms with Crippen LogP contribution in [0.25, 0.3) is 10.9 Å². The molecule has 2 heterocycles. The molecule has 1 saturated carbocycles. The number of aromatic hydroxyl groups is 1. The van der Waals surface area contributed by atoms with Gasteiger partial charge < -0.3 is 30.6 Å². The van der Waals surface area contributed by atoms with Crippen LogP contribution in [0.15, 0.2) is 87.4 Å². The highest BCUT2D eigenvalue weighted by Gasteiger charge is 2.28. The standard InChI is InChI=1S/C40H51N5O7S/c1-28(44-21-23-45(24-22-44)30-7-3-2-4-8-30)29-11-13-32(14-12-29)53(50,51)33-10-5-9-31(25-33)52-27-39(49)42-20-6-19-41-26-37(47)34-15-17-36(46)40-35(34)16-18-38(48)43-40/h5,9-18,25,28,30,37,41,46-47H,2-4,6-8,19-24,26-27H2,1H3,(H,42,49)(H,43,48)/t28-,37-/m0/s1. The average molecular weight is 746 g/mol. The molecule has 5 N–H and O–H groups in total. The van der Waals surface area contributed by atoms with Crippen molar-refractivity contribution in [2.24, 2.45) is 0 Å². The monoisotopic (exact) mass is 745 g/mol. The summed E-state index contributed by atoms with van der Waals surface area (Å²) >= 11 is 0. The predicted octanol–water partition coefficient (Wildman–Crippen LogP) is 4.29. The Hall–Kier alpha value is -4.27. The molecule has 0 bridgehead atoms.